The van der Waals surface area contributed by atoms with Crippen molar-refractivity contribution < 1.29 is 33.3 Å². The fourth-order valence-corrected chi connectivity index (χ4v) is 6.89. The van der Waals surface area contributed by atoms with Crippen molar-refractivity contribution in [2.45, 2.75) is 38.0 Å². The second-order valence-electron chi connectivity index (χ2n) is 12.5. The number of carbonyl (C=O) groups is 3. The predicted octanol–water partition coefficient (Wildman–Crippen LogP) is 8.01. The Hall–Kier alpha value is -5.27. The predicted molar refractivity (Wildman–Crippen MR) is 193 cm³/mol. The summed E-state index contributed by atoms with van der Waals surface area (Å²) in [5, 5.41) is 0. The molecule has 0 N–H and O–H groups in total. The molecule has 0 radical (unpaired) electrons. The lowest BCUT2D eigenvalue weighted by atomic mass is 9.73. The maximum Gasteiger partial charge on any atom is 0.317 e. The molecule has 4 aromatic carbocycles. The monoisotopic (exact) mass is 670 g/mol. The van der Waals surface area contributed by atoms with Gasteiger partial charge in [-0.2, -0.15) is 0 Å². The number of benzene rings is 4. The molecule has 0 saturated heterocycles. The largest absolute Gasteiger partial charge is 0.491 e. The van der Waals surface area contributed by atoms with E-state index in [1.807, 2.05) is 109 Å². The molecule has 0 saturated carbocycles. The number of ketones is 2. The first-order valence-electron chi connectivity index (χ1n) is 17.3. The number of carbonyl (C=O) groups excluding carboxylic acids is 3. The van der Waals surface area contributed by atoms with Gasteiger partial charge in [-0.25, -0.2) is 0 Å². The van der Waals surface area contributed by atoms with Crippen molar-refractivity contribution in [3.05, 3.63) is 144 Å². The second kappa shape index (κ2) is 16.9. The molecule has 6 rings (SSSR count). The summed E-state index contributed by atoms with van der Waals surface area (Å²) < 4.78 is 23.6. The van der Waals surface area contributed by atoms with Crippen LogP contribution in [0.1, 0.15) is 60.3 Å². The van der Waals surface area contributed by atoms with Crippen molar-refractivity contribution in [3.8, 4) is 11.5 Å². The summed E-state index contributed by atoms with van der Waals surface area (Å²) in [6.45, 7) is 3.23. The minimum atomic E-state index is -0.948. The molecule has 2 aliphatic carbocycles. The van der Waals surface area contributed by atoms with Crippen molar-refractivity contribution in [2.75, 3.05) is 33.0 Å². The Morgan fingerprint density at radius 3 is 1.78 bits per heavy atom. The Labute approximate surface area is 293 Å². The van der Waals surface area contributed by atoms with Gasteiger partial charge in [0.25, 0.3) is 0 Å². The van der Waals surface area contributed by atoms with Crippen molar-refractivity contribution in [1.29, 1.82) is 0 Å². The van der Waals surface area contributed by atoms with E-state index in [0.717, 1.165) is 45.6 Å². The first-order valence-corrected chi connectivity index (χ1v) is 17.3. The van der Waals surface area contributed by atoms with E-state index >= 15 is 0 Å². The first-order chi connectivity index (χ1) is 24.5. The van der Waals surface area contributed by atoms with Gasteiger partial charge in [-0.1, -0.05) is 97.1 Å². The highest BCUT2D eigenvalue weighted by Gasteiger charge is 2.41. The number of esters is 1. The van der Waals surface area contributed by atoms with E-state index in [1.54, 1.807) is 19.1 Å². The number of ether oxygens (including phenoxy) is 4. The third-order valence-electron chi connectivity index (χ3n) is 9.19. The Morgan fingerprint density at radius 2 is 1.16 bits per heavy atom. The van der Waals surface area contributed by atoms with Crippen molar-refractivity contribution in [1.82, 2.24) is 0 Å². The van der Waals surface area contributed by atoms with Crippen LogP contribution in [0.15, 0.2) is 121 Å². The lowest BCUT2D eigenvalue weighted by Crippen LogP contribution is -2.34. The van der Waals surface area contributed by atoms with Crippen LogP contribution in [0.2, 0.25) is 0 Å². The van der Waals surface area contributed by atoms with E-state index < -0.39 is 17.8 Å². The summed E-state index contributed by atoms with van der Waals surface area (Å²) >= 11 is 0. The molecule has 7 heteroatoms. The van der Waals surface area contributed by atoms with Crippen LogP contribution in [0.4, 0.5) is 0 Å². The molecule has 2 aliphatic rings. The third-order valence-corrected chi connectivity index (χ3v) is 9.19. The summed E-state index contributed by atoms with van der Waals surface area (Å²) in [6.07, 6.45) is 5.07. The van der Waals surface area contributed by atoms with Crippen LogP contribution >= 0.6 is 0 Å². The molecule has 0 heterocycles. The van der Waals surface area contributed by atoms with Crippen LogP contribution in [-0.2, 0) is 23.9 Å². The van der Waals surface area contributed by atoms with Crippen molar-refractivity contribution in [3.63, 3.8) is 0 Å². The van der Waals surface area contributed by atoms with Crippen molar-refractivity contribution in [2.24, 2.45) is 5.92 Å². The third kappa shape index (κ3) is 8.47. The molecule has 7 nitrogen and oxygen atoms in total. The Kier molecular flexibility index (Phi) is 11.7. The van der Waals surface area contributed by atoms with Gasteiger partial charge < -0.3 is 18.9 Å². The number of para-hydroxylation sites is 2. The van der Waals surface area contributed by atoms with Crippen LogP contribution in [0.3, 0.4) is 0 Å². The standard InChI is InChI=1S/C43H42O7/c1-2-48-43(46)42-38(28-33(29-39(42)45)31-15-7-4-8-16-31)37-18-10-12-20-41(37)50-24-22-47-21-23-49-40-19-11-9-17-36(40)34-25-32(26-35(44)27-34)30-13-5-3-6-14-30/h3-20,26,29,34,38,42H,2,21-25,27-28H2,1H3. The van der Waals surface area contributed by atoms with Gasteiger partial charge in [0.05, 0.1) is 19.8 Å². The average Bonchev–Trinajstić information content (AvgIpc) is 3.15. The molecule has 0 aliphatic heterocycles. The van der Waals surface area contributed by atoms with Crippen LogP contribution in [0.25, 0.3) is 11.1 Å². The quantitative estimate of drug-likeness (QED) is 0.0763. The van der Waals surface area contributed by atoms with Gasteiger partial charge in [-0.05, 0) is 83.4 Å². The van der Waals surface area contributed by atoms with E-state index in [2.05, 4.69) is 0 Å². The van der Waals surface area contributed by atoms with Gasteiger partial charge in [-0.15, -0.1) is 0 Å². The zero-order chi connectivity index (χ0) is 34.7. The topological polar surface area (TPSA) is 88.1 Å². The average molecular weight is 671 g/mol. The van der Waals surface area contributed by atoms with Gasteiger partial charge in [0.15, 0.2) is 11.6 Å². The molecule has 0 aromatic heterocycles. The summed E-state index contributed by atoms with van der Waals surface area (Å²) in [5.74, 6) is -0.642. The smallest absolute Gasteiger partial charge is 0.317 e. The molecule has 256 valence electrons. The Balaban J connectivity index is 1.04. The summed E-state index contributed by atoms with van der Waals surface area (Å²) in [5.41, 5.74) is 5.75. The van der Waals surface area contributed by atoms with Crippen LogP contribution in [0.5, 0.6) is 11.5 Å². The van der Waals surface area contributed by atoms with Crippen molar-refractivity contribution >= 4 is 28.7 Å². The van der Waals surface area contributed by atoms with E-state index in [1.165, 1.54) is 0 Å². The molecule has 50 heavy (non-hydrogen) atoms. The zero-order valence-electron chi connectivity index (χ0n) is 28.3. The van der Waals surface area contributed by atoms with Gasteiger partial charge in [-0.3, -0.25) is 14.4 Å². The SMILES string of the molecule is CCOC(=O)C1C(=O)C=C(c2ccccc2)CC1c1ccccc1OCCOCCOc1ccccc1C1CC(=O)C=C(c2ccccc2)C1. The van der Waals surface area contributed by atoms with Gasteiger partial charge in [0.1, 0.15) is 30.6 Å². The number of hydrogen-bond donors (Lipinski definition) is 0. The summed E-state index contributed by atoms with van der Waals surface area (Å²) in [4.78, 5) is 39.1. The molecule has 0 spiro atoms. The zero-order valence-corrected chi connectivity index (χ0v) is 28.3. The summed E-state index contributed by atoms with van der Waals surface area (Å²) in [6, 6.07) is 35.2. The molecule has 3 atom stereocenters. The van der Waals surface area contributed by atoms with Crippen LogP contribution in [0, 0.1) is 5.92 Å². The molecular formula is C43H42O7. The first kappa shape index (κ1) is 34.6. The summed E-state index contributed by atoms with van der Waals surface area (Å²) in [7, 11) is 0. The van der Waals surface area contributed by atoms with E-state index in [0.29, 0.717) is 38.4 Å². The fourth-order valence-electron chi connectivity index (χ4n) is 6.89. The van der Waals surface area contributed by atoms with Gasteiger partial charge in [0, 0.05) is 12.3 Å². The maximum absolute atomic E-state index is 13.4. The second-order valence-corrected chi connectivity index (χ2v) is 12.5. The number of hydrogen-bond acceptors (Lipinski definition) is 7. The molecule has 0 fully saturated rings. The fraction of sp³-hybridized carbons (Fsp3) is 0.279. The molecular weight excluding hydrogens is 628 g/mol. The number of allylic oxidation sites excluding steroid dienone is 4. The van der Waals surface area contributed by atoms with E-state index in [-0.39, 0.29) is 30.7 Å². The van der Waals surface area contributed by atoms with Gasteiger partial charge in [0.2, 0.25) is 0 Å². The molecule has 0 amide bonds. The normalized spacial score (nSPS) is 18.9. The minimum Gasteiger partial charge on any atom is -0.491 e. The molecule has 4 aromatic rings. The van der Waals surface area contributed by atoms with Gasteiger partial charge >= 0.3 is 5.97 Å². The minimum absolute atomic E-state index is 0.0374. The molecule has 0 bridgehead atoms. The van der Waals surface area contributed by atoms with E-state index in [9.17, 15) is 14.4 Å². The van der Waals surface area contributed by atoms with Crippen LogP contribution in [-0.4, -0.2) is 50.6 Å². The maximum atomic E-state index is 13.4. The Bertz CT molecular complexity index is 1840. The highest BCUT2D eigenvalue weighted by atomic mass is 16.5. The van der Waals surface area contributed by atoms with E-state index in [4.69, 9.17) is 18.9 Å². The highest BCUT2D eigenvalue weighted by Crippen LogP contribution is 2.43. The Morgan fingerprint density at radius 1 is 0.620 bits per heavy atom. The lowest BCUT2D eigenvalue weighted by Gasteiger charge is -2.30. The van der Waals surface area contributed by atoms with Crippen LogP contribution < -0.4 is 9.47 Å². The highest BCUT2D eigenvalue weighted by molar-refractivity contribution is 6.10. The number of rotatable bonds is 14. The lowest BCUT2D eigenvalue weighted by molar-refractivity contribution is -0.151. The molecule has 3 unspecified atom stereocenters.